The van der Waals surface area contributed by atoms with Crippen molar-refractivity contribution in [1.29, 1.82) is 0 Å². The van der Waals surface area contributed by atoms with Crippen LogP contribution in [0.5, 0.6) is 5.75 Å². The number of pyridine rings is 1. The highest BCUT2D eigenvalue weighted by atomic mass is 28.4. The zero-order valence-electron chi connectivity index (χ0n) is 30.4. The SMILES string of the molecule is CN(CCCCC(=O)Nc1ccc(CNC[C@H](O[Si](C)(C)C(C)(C)C)c2ccc(O)c3[nH]c(=O)ccc23)cc1)C(=O)CCN1CCCCC1. The van der Waals surface area contributed by atoms with Crippen molar-refractivity contribution in [2.75, 3.05) is 45.1 Å². The molecule has 1 aromatic heterocycles. The summed E-state index contributed by atoms with van der Waals surface area (Å²) < 4.78 is 6.90. The average Bonchev–Trinajstić information content (AvgIpc) is 3.06. The summed E-state index contributed by atoms with van der Waals surface area (Å²) in [5.41, 5.74) is 2.87. The molecule has 1 saturated heterocycles. The number of anilines is 1. The van der Waals surface area contributed by atoms with Crippen molar-refractivity contribution in [3.8, 4) is 5.75 Å². The minimum absolute atomic E-state index is 0.00561. The summed E-state index contributed by atoms with van der Waals surface area (Å²) in [6.45, 7) is 15.9. The van der Waals surface area contributed by atoms with Gasteiger partial charge in [-0.3, -0.25) is 14.4 Å². The second kappa shape index (κ2) is 17.4. The lowest BCUT2D eigenvalue weighted by atomic mass is 10.0. The molecule has 1 fully saturated rings. The zero-order valence-corrected chi connectivity index (χ0v) is 31.4. The lowest BCUT2D eigenvalue weighted by Gasteiger charge is -2.39. The number of hydrogen-bond acceptors (Lipinski definition) is 7. The minimum Gasteiger partial charge on any atom is -0.506 e. The maximum atomic E-state index is 12.6. The van der Waals surface area contributed by atoms with Crippen molar-refractivity contribution in [3.05, 3.63) is 70.0 Å². The Labute approximate surface area is 292 Å². The van der Waals surface area contributed by atoms with E-state index >= 15 is 0 Å². The number of phenolic OH excluding ortho intramolecular Hbond substituents is 1. The first-order valence-corrected chi connectivity index (χ1v) is 20.7. The van der Waals surface area contributed by atoms with Crippen molar-refractivity contribution >= 4 is 36.7 Å². The van der Waals surface area contributed by atoms with E-state index < -0.39 is 8.32 Å². The Morgan fingerprint density at radius 2 is 1.71 bits per heavy atom. The summed E-state index contributed by atoms with van der Waals surface area (Å²) in [6.07, 6.45) is 5.95. The molecule has 1 atom stereocenters. The van der Waals surface area contributed by atoms with E-state index in [0.717, 1.165) is 54.7 Å². The number of unbranched alkanes of at least 4 members (excludes halogenated alkanes) is 1. The summed E-state index contributed by atoms with van der Waals surface area (Å²) in [4.78, 5) is 44.1. The Bertz CT molecular complexity index is 1590. The summed E-state index contributed by atoms with van der Waals surface area (Å²) in [6, 6.07) is 14.5. The molecule has 2 aromatic carbocycles. The Morgan fingerprint density at radius 3 is 2.41 bits per heavy atom. The number of rotatable bonds is 16. The Hall–Kier alpha value is -3.51. The minimum atomic E-state index is -2.18. The molecular formula is C38H57N5O5Si. The van der Waals surface area contributed by atoms with Crippen LogP contribution < -0.4 is 16.2 Å². The first-order chi connectivity index (χ1) is 23.2. The van der Waals surface area contributed by atoms with E-state index in [0.29, 0.717) is 38.0 Å². The van der Waals surface area contributed by atoms with Gasteiger partial charge < -0.3 is 34.9 Å². The number of aromatic amines is 1. The number of hydrogen-bond donors (Lipinski definition) is 4. The van der Waals surface area contributed by atoms with Crippen molar-refractivity contribution < 1.29 is 19.1 Å². The van der Waals surface area contributed by atoms with Crippen LogP contribution in [0.25, 0.3) is 10.9 Å². The third-order valence-corrected chi connectivity index (χ3v) is 14.5. The van der Waals surface area contributed by atoms with Gasteiger partial charge in [0.25, 0.3) is 0 Å². The molecule has 11 heteroatoms. The van der Waals surface area contributed by atoms with Crippen molar-refractivity contribution in [1.82, 2.24) is 20.1 Å². The van der Waals surface area contributed by atoms with Gasteiger partial charge in [0, 0.05) is 63.2 Å². The second-order valence-electron chi connectivity index (χ2n) is 15.0. The van der Waals surface area contributed by atoms with Gasteiger partial charge in [0.2, 0.25) is 17.4 Å². The zero-order chi connectivity index (χ0) is 35.6. The number of likely N-dealkylation sites (tertiary alicyclic amines) is 1. The Balaban J connectivity index is 1.25. The first kappa shape index (κ1) is 38.3. The van der Waals surface area contributed by atoms with Gasteiger partial charge in [-0.05, 0) is 92.3 Å². The average molecular weight is 692 g/mol. The van der Waals surface area contributed by atoms with Gasteiger partial charge in [-0.1, -0.05) is 45.4 Å². The van der Waals surface area contributed by atoms with E-state index in [4.69, 9.17) is 4.43 Å². The van der Waals surface area contributed by atoms with E-state index in [1.54, 1.807) is 17.0 Å². The number of amides is 2. The van der Waals surface area contributed by atoms with Crippen LogP contribution in [0.1, 0.15) is 82.9 Å². The molecule has 2 heterocycles. The molecule has 4 N–H and O–H groups in total. The fourth-order valence-corrected chi connectivity index (χ4v) is 7.23. The number of carbonyl (C=O) groups is 2. The number of fused-ring (bicyclic) bond motifs is 1. The first-order valence-electron chi connectivity index (χ1n) is 17.8. The largest absolute Gasteiger partial charge is 0.506 e. The molecule has 3 aromatic rings. The monoisotopic (exact) mass is 691 g/mol. The van der Waals surface area contributed by atoms with Gasteiger partial charge >= 0.3 is 0 Å². The number of piperidine rings is 1. The second-order valence-corrected chi connectivity index (χ2v) is 19.7. The molecule has 0 aliphatic carbocycles. The van der Waals surface area contributed by atoms with E-state index in [1.165, 1.54) is 25.3 Å². The number of H-pyrrole nitrogens is 1. The van der Waals surface area contributed by atoms with Crippen LogP contribution in [-0.2, 0) is 20.6 Å². The predicted molar refractivity (Wildman–Crippen MR) is 200 cm³/mol. The molecule has 1 aliphatic rings. The summed E-state index contributed by atoms with van der Waals surface area (Å²) in [7, 11) is -0.325. The van der Waals surface area contributed by atoms with Gasteiger partial charge in [-0.2, -0.15) is 0 Å². The molecule has 0 saturated carbocycles. The fourth-order valence-electron chi connectivity index (χ4n) is 5.95. The Morgan fingerprint density at radius 1 is 1.00 bits per heavy atom. The number of aromatic nitrogens is 1. The number of nitrogens with zero attached hydrogens (tertiary/aromatic N) is 2. The van der Waals surface area contributed by atoms with Gasteiger partial charge in [0.05, 0.1) is 11.6 Å². The van der Waals surface area contributed by atoms with Gasteiger partial charge in [0.15, 0.2) is 8.32 Å². The molecule has 0 unspecified atom stereocenters. The highest BCUT2D eigenvalue weighted by Crippen LogP contribution is 2.41. The molecule has 268 valence electrons. The molecule has 4 rings (SSSR count). The normalized spacial score (nSPS) is 14.9. The summed E-state index contributed by atoms with van der Waals surface area (Å²) >= 11 is 0. The van der Waals surface area contributed by atoms with Crippen LogP contribution in [0.4, 0.5) is 5.69 Å². The molecule has 0 radical (unpaired) electrons. The molecular weight excluding hydrogens is 635 g/mol. The van der Waals surface area contributed by atoms with E-state index in [2.05, 4.69) is 54.4 Å². The molecule has 10 nitrogen and oxygen atoms in total. The third-order valence-electron chi connectivity index (χ3n) is 10.1. The quantitative estimate of drug-likeness (QED) is 0.0994. The molecule has 0 bridgehead atoms. The van der Waals surface area contributed by atoms with Crippen LogP contribution in [0, 0.1) is 0 Å². The van der Waals surface area contributed by atoms with Gasteiger partial charge in [0.1, 0.15) is 5.75 Å². The molecule has 49 heavy (non-hydrogen) atoms. The van der Waals surface area contributed by atoms with Gasteiger partial charge in [-0.15, -0.1) is 0 Å². The number of phenols is 1. The highest BCUT2D eigenvalue weighted by molar-refractivity contribution is 6.74. The van der Waals surface area contributed by atoms with Crippen LogP contribution in [0.2, 0.25) is 18.1 Å². The van der Waals surface area contributed by atoms with E-state index in [9.17, 15) is 19.5 Å². The molecule has 0 spiro atoms. The van der Waals surface area contributed by atoms with Crippen molar-refractivity contribution in [2.45, 2.75) is 96.5 Å². The number of aromatic hydroxyl groups is 1. The van der Waals surface area contributed by atoms with Crippen molar-refractivity contribution in [2.24, 2.45) is 0 Å². The van der Waals surface area contributed by atoms with Crippen LogP contribution in [-0.4, -0.2) is 79.8 Å². The number of carbonyl (C=O) groups excluding carboxylic acids is 2. The summed E-state index contributed by atoms with van der Waals surface area (Å²) in [5.74, 6) is 0.174. The van der Waals surface area contributed by atoms with Crippen LogP contribution >= 0.6 is 0 Å². The van der Waals surface area contributed by atoms with Crippen LogP contribution in [0.3, 0.4) is 0 Å². The maximum Gasteiger partial charge on any atom is 0.248 e. The maximum absolute atomic E-state index is 12.6. The third kappa shape index (κ3) is 11.3. The highest BCUT2D eigenvalue weighted by Gasteiger charge is 2.39. The lowest BCUT2D eigenvalue weighted by Crippen LogP contribution is -2.43. The molecule has 1 aliphatic heterocycles. The smallest absolute Gasteiger partial charge is 0.248 e. The predicted octanol–water partition coefficient (Wildman–Crippen LogP) is 6.53. The molecule has 2 amide bonds. The van der Waals surface area contributed by atoms with Crippen LogP contribution in [0.15, 0.2) is 53.3 Å². The number of benzene rings is 2. The number of nitrogens with one attached hydrogen (secondary N) is 3. The fraction of sp³-hybridized carbons (Fsp3) is 0.553. The van der Waals surface area contributed by atoms with E-state index in [1.807, 2.05) is 37.4 Å². The Kier molecular flexibility index (Phi) is 13.6. The summed E-state index contributed by atoms with van der Waals surface area (Å²) in [5, 5.41) is 17.7. The topological polar surface area (TPSA) is 127 Å². The van der Waals surface area contributed by atoms with E-state index in [-0.39, 0.29) is 34.3 Å². The van der Waals surface area contributed by atoms with Crippen molar-refractivity contribution in [3.63, 3.8) is 0 Å². The van der Waals surface area contributed by atoms with Gasteiger partial charge in [-0.25, -0.2) is 0 Å². The lowest BCUT2D eigenvalue weighted by molar-refractivity contribution is -0.130. The standard InChI is InChI=1S/C38H57N5O5Si/c1-38(2,3)49(5,6)48-33(30-17-19-32(44)37-31(30)18-20-35(46)41-37)27-39-26-28-13-15-29(16-14-28)40-34(45)12-8-11-22-42(4)36(47)21-25-43-23-9-7-10-24-43/h13-20,33,39,44H,7-12,21-27H2,1-6H3,(H,40,45)(H,41,46)/t33-/m0/s1.